The van der Waals surface area contributed by atoms with Crippen LogP contribution in [0.2, 0.25) is 5.02 Å². The van der Waals surface area contributed by atoms with Crippen LogP contribution in [0.1, 0.15) is 24.6 Å². The maximum absolute atomic E-state index is 14.7. The van der Waals surface area contributed by atoms with E-state index in [-0.39, 0.29) is 51.7 Å². The first-order chi connectivity index (χ1) is 15.8. The molecular formula is C21H14ClF4N5O2. The van der Waals surface area contributed by atoms with Crippen LogP contribution in [-0.4, -0.2) is 36.1 Å². The summed E-state index contributed by atoms with van der Waals surface area (Å²) in [5.41, 5.74) is -1.50. The van der Waals surface area contributed by atoms with Crippen LogP contribution in [0.3, 0.4) is 0 Å². The Labute approximate surface area is 188 Å². The normalized spacial score (nSPS) is 18.4. The molecule has 0 radical (unpaired) electrons. The van der Waals surface area contributed by atoms with Gasteiger partial charge in [0, 0.05) is 6.20 Å². The third-order valence-corrected chi connectivity index (χ3v) is 5.79. The molecule has 1 aromatic carbocycles. The van der Waals surface area contributed by atoms with E-state index in [4.69, 9.17) is 16.1 Å². The van der Waals surface area contributed by atoms with Gasteiger partial charge < -0.3 is 9.63 Å². The molecule has 1 saturated carbocycles. The molecule has 4 aromatic rings. The first-order valence-electron chi connectivity index (χ1n) is 9.79. The minimum atomic E-state index is -4.79. The molecule has 7 nitrogen and oxygen atoms in total. The molecule has 1 aliphatic carbocycles. The third-order valence-electron chi connectivity index (χ3n) is 5.47. The van der Waals surface area contributed by atoms with Crippen LogP contribution in [0, 0.1) is 5.82 Å². The number of hydrogen-bond donors (Lipinski definition) is 1. The summed E-state index contributed by atoms with van der Waals surface area (Å²) in [6.07, 6.45) is -1.58. The van der Waals surface area contributed by atoms with E-state index < -0.39 is 29.8 Å². The Morgan fingerprint density at radius 2 is 1.94 bits per heavy atom. The Morgan fingerprint density at radius 3 is 2.58 bits per heavy atom. The Kier molecular flexibility index (Phi) is 5.17. The second kappa shape index (κ2) is 7.92. The molecule has 33 heavy (non-hydrogen) atoms. The number of benzene rings is 1. The molecule has 170 valence electrons. The van der Waals surface area contributed by atoms with Crippen molar-refractivity contribution in [2.75, 3.05) is 0 Å². The Balaban J connectivity index is 1.77. The second-order valence-corrected chi connectivity index (χ2v) is 7.96. The SMILES string of the molecule is OC1CC(n2ncc(-c3onc(-c4c(F)cccc4Cl)c3-c3ccncn3)c2C(F)(F)F)C1. The van der Waals surface area contributed by atoms with Crippen molar-refractivity contribution < 1.29 is 27.2 Å². The standard InChI is InChI=1S/C21H14ClF4N5O2/c22-13-2-1-3-14(23)16(13)18-17(15-4-5-27-9-28-15)19(33-30-18)12-8-29-31(10-6-11(32)7-10)20(12)21(24,25)26/h1-5,8-11,32H,6-7H2. The number of halogens is 5. The number of alkyl halides is 3. The highest BCUT2D eigenvalue weighted by molar-refractivity contribution is 6.33. The summed E-state index contributed by atoms with van der Waals surface area (Å²) in [5.74, 6) is -1.02. The zero-order chi connectivity index (χ0) is 23.3. The van der Waals surface area contributed by atoms with E-state index in [0.29, 0.717) is 0 Å². The molecule has 0 bridgehead atoms. The van der Waals surface area contributed by atoms with Gasteiger partial charge in [0.1, 0.15) is 17.8 Å². The maximum Gasteiger partial charge on any atom is 0.433 e. The maximum atomic E-state index is 14.7. The van der Waals surface area contributed by atoms with Crippen molar-refractivity contribution in [2.45, 2.75) is 31.2 Å². The highest BCUT2D eigenvalue weighted by atomic mass is 35.5. The Bertz CT molecular complexity index is 1300. The second-order valence-electron chi connectivity index (χ2n) is 7.55. The minimum Gasteiger partial charge on any atom is -0.393 e. The molecule has 0 aliphatic heterocycles. The van der Waals surface area contributed by atoms with E-state index in [1.807, 2.05) is 0 Å². The lowest BCUT2D eigenvalue weighted by atomic mass is 9.89. The van der Waals surface area contributed by atoms with Gasteiger partial charge in [-0.15, -0.1) is 0 Å². The monoisotopic (exact) mass is 479 g/mol. The molecular weight excluding hydrogens is 466 g/mol. The number of aliphatic hydroxyl groups excluding tert-OH is 1. The highest BCUT2D eigenvalue weighted by Gasteiger charge is 2.44. The van der Waals surface area contributed by atoms with Crippen molar-refractivity contribution in [3.63, 3.8) is 0 Å². The summed E-state index contributed by atoms with van der Waals surface area (Å²) in [5, 5.41) is 17.4. The number of aliphatic hydroxyl groups is 1. The van der Waals surface area contributed by atoms with Crippen LogP contribution in [0.4, 0.5) is 17.6 Å². The van der Waals surface area contributed by atoms with Gasteiger partial charge in [-0.3, -0.25) is 4.68 Å². The molecule has 0 spiro atoms. The molecule has 1 aliphatic rings. The summed E-state index contributed by atoms with van der Waals surface area (Å²) < 4.78 is 63.3. The van der Waals surface area contributed by atoms with Gasteiger partial charge in [-0.1, -0.05) is 22.8 Å². The van der Waals surface area contributed by atoms with Crippen molar-refractivity contribution in [1.82, 2.24) is 24.9 Å². The van der Waals surface area contributed by atoms with Crippen LogP contribution in [0.25, 0.3) is 33.8 Å². The third kappa shape index (κ3) is 3.66. The van der Waals surface area contributed by atoms with E-state index in [2.05, 4.69) is 20.2 Å². The summed E-state index contributed by atoms with van der Waals surface area (Å²) >= 11 is 6.19. The van der Waals surface area contributed by atoms with Crippen LogP contribution in [0.15, 0.2) is 47.5 Å². The van der Waals surface area contributed by atoms with Crippen LogP contribution in [-0.2, 0) is 6.18 Å². The van der Waals surface area contributed by atoms with Crippen LogP contribution in [0.5, 0.6) is 0 Å². The molecule has 1 fully saturated rings. The van der Waals surface area contributed by atoms with Gasteiger partial charge in [-0.25, -0.2) is 14.4 Å². The van der Waals surface area contributed by atoms with Crippen molar-refractivity contribution in [3.05, 3.63) is 59.5 Å². The summed E-state index contributed by atoms with van der Waals surface area (Å²) in [7, 11) is 0. The lowest BCUT2D eigenvalue weighted by molar-refractivity contribution is -0.146. The molecule has 0 amide bonds. The quantitative estimate of drug-likeness (QED) is 0.406. The minimum absolute atomic E-state index is 0.000326. The van der Waals surface area contributed by atoms with E-state index >= 15 is 0 Å². The van der Waals surface area contributed by atoms with E-state index in [1.54, 1.807) is 0 Å². The highest BCUT2D eigenvalue weighted by Crippen LogP contribution is 2.47. The van der Waals surface area contributed by atoms with Gasteiger partial charge >= 0.3 is 6.18 Å². The molecule has 12 heteroatoms. The Hall–Kier alpha value is -3.31. The fraction of sp³-hybridized carbons (Fsp3) is 0.238. The fourth-order valence-electron chi connectivity index (χ4n) is 3.89. The Morgan fingerprint density at radius 1 is 1.15 bits per heavy atom. The van der Waals surface area contributed by atoms with E-state index in [0.717, 1.165) is 16.9 Å². The average Bonchev–Trinajstić information content (AvgIpc) is 3.36. The number of rotatable bonds is 4. The largest absolute Gasteiger partial charge is 0.433 e. The van der Waals surface area contributed by atoms with Gasteiger partial charge in [0.2, 0.25) is 0 Å². The first-order valence-corrected chi connectivity index (χ1v) is 10.2. The predicted octanol–water partition coefficient (Wildman–Crippen LogP) is 5.17. The summed E-state index contributed by atoms with van der Waals surface area (Å²) in [4.78, 5) is 7.93. The van der Waals surface area contributed by atoms with Gasteiger partial charge in [-0.2, -0.15) is 18.3 Å². The van der Waals surface area contributed by atoms with Crippen LogP contribution >= 0.6 is 11.6 Å². The topological polar surface area (TPSA) is 89.9 Å². The summed E-state index contributed by atoms with van der Waals surface area (Å²) in [6, 6.07) is 4.80. The van der Waals surface area contributed by atoms with Gasteiger partial charge in [-0.05, 0) is 31.0 Å². The lowest BCUT2D eigenvalue weighted by Gasteiger charge is -2.33. The smallest absolute Gasteiger partial charge is 0.393 e. The van der Waals surface area contributed by atoms with E-state index in [1.165, 1.54) is 30.7 Å². The molecule has 5 rings (SSSR count). The van der Waals surface area contributed by atoms with Gasteiger partial charge in [0.25, 0.3) is 0 Å². The summed E-state index contributed by atoms with van der Waals surface area (Å²) in [6.45, 7) is 0. The first kappa shape index (κ1) is 21.5. The lowest BCUT2D eigenvalue weighted by Crippen LogP contribution is -2.33. The zero-order valence-corrected chi connectivity index (χ0v) is 17.3. The predicted molar refractivity (Wildman–Crippen MR) is 108 cm³/mol. The van der Waals surface area contributed by atoms with Crippen LogP contribution < -0.4 is 0 Å². The van der Waals surface area contributed by atoms with Gasteiger partial charge in [0.15, 0.2) is 11.5 Å². The molecule has 0 atom stereocenters. The van der Waals surface area contributed by atoms with Crippen molar-refractivity contribution in [2.24, 2.45) is 0 Å². The van der Waals surface area contributed by atoms with Gasteiger partial charge in [0.05, 0.1) is 45.7 Å². The van der Waals surface area contributed by atoms with Crippen molar-refractivity contribution in [1.29, 1.82) is 0 Å². The van der Waals surface area contributed by atoms with Crippen molar-refractivity contribution in [3.8, 4) is 33.8 Å². The van der Waals surface area contributed by atoms with Crippen molar-refractivity contribution >= 4 is 11.6 Å². The molecule has 1 N–H and O–H groups in total. The number of hydrogen-bond acceptors (Lipinski definition) is 6. The number of aromatic nitrogens is 5. The zero-order valence-electron chi connectivity index (χ0n) is 16.6. The molecule has 3 heterocycles. The average molecular weight is 480 g/mol. The number of nitrogens with zero attached hydrogens (tertiary/aromatic N) is 5. The molecule has 0 saturated heterocycles. The molecule has 3 aromatic heterocycles. The molecule has 0 unspecified atom stereocenters. The fourth-order valence-corrected chi connectivity index (χ4v) is 4.14. The van der Waals surface area contributed by atoms with E-state index in [9.17, 15) is 22.7 Å².